The molecule has 0 unspecified atom stereocenters. The quantitative estimate of drug-likeness (QED) is 0.473. The first-order chi connectivity index (χ1) is 10.9. The van der Waals surface area contributed by atoms with Gasteiger partial charge in [-0.25, -0.2) is 0 Å². The Balaban J connectivity index is 2.02. The van der Waals surface area contributed by atoms with E-state index in [9.17, 15) is 10.1 Å². The van der Waals surface area contributed by atoms with E-state index in [0.717, 1.165) is 16.7 Å². The van der Waals surface area contributed by atoms with E-state index in [1.807, 2.05) is 23.6 Å². The van der Waals surface area contributed by atoms with E-state index in [1.54, 1.807) is 18.3 Å². The number of nitro benzene ring substituents is 1. The van der Waals surface area contributed by atoms with Crippen molar-refractivity contribution >= 4 is 44.6 Å². The molecule has 7 nitrogen and oxygen atoms in total. The van der Waals surface area contributed by atoms with Crippen molar-refractivity contribution in [3.63, 3.8) is 0 Å². The molecule has 1 aromatic carbocycles. The number of halogens is 1. The molecule has 0 aliphatic carbocycles. The van der Waals surface area contributed by atoms with Crippen LogP contribution in [0.2, 0.25) is 0 Å². The van der Waals surface area contributed by atoms with Gasteiger partial charge < -0.3 is 10.2 Å². The first kappa shape index (κ1) is 17.4. The molecule has 0 spiro atoms. The predicted molar refractivity (Wildman–Crippen MR) is 96.4 cm³/mol. The van der Waals surface area contributed by atoms with Crippen LogP contribution in [-0.2, 0) is 13.1 Å². The molecule has 9 heteroatoms. The lowest BCUT2D eigenvalue weighted by Gasteiger charge is -2.21. The van der Waals surface area contributed by atoms with Gasteiger partial charge in [-0.05, 0) is 47.2 Å². The number of nitrogens with zero attached hydrogens (tertiary/aromatic N) is 4. The number of aryl methyl sites for hydroxylation is 1. The Labute approximate surface area is 147 Å². The number of aromatic nitrogens is 2. The zero-order valence-electron chi connectivity index (χ0n) is 12.7. The average molecular weight is 398 g/mol. The third-order valence-electron chi connectivity index (χ3n) is 3.26. The van der Waals surface area contributed by atoms with Crippen molar-refractivity contribution in [2.75, 3.05) is 12.4 Å². The first-order valence-electron chi connectivity index (χ1n) is 6.89. The van der Waals surface area contributed by atoms with Gasteiger partial charge in [0.05, 0.1) is 27.8 Å². The largest absolute Gasteiger partial charge is 0.346 e. The molecular formula is C14H16BrN5O2S. The van der Waals surface area contributed by atoms with Crippen LogP contribution in [-0.4, -0.2) is 31.8 Å². The van der Waals surface area contributed by atoms with Crippen molar-refractivity contribution in [1.29, 1.82) is 0 Å². The zero-order valence-corrected chi connectivity index (χ0v) is 15.1. The maximum atomic E-state index is 10.7. The van der Waals surface area contributed by atoms with Crippen LogP contribution in [0.5, 0.6) is 0 Å². The van der Waals surface area contributed by atoms with Gasteiger partial charge in [-0.1, -0.05) is 0 Å². The van der Waals surface area contributed by atoms with Gasteiger partial charge in [0.1, 0.15) is 0 Å². The predicted octanol–water partition coefficient (Wildman–Crippen LogP) is 3.40. The molecule has 0 aliphatic heterocycles. The molecule has 122 valence electrons. The highest BCUT2D eigenvalue weighted by Gasteiger charge is 2.13. The van der Waals surface area contributed by atoms with E-state index < -0.39 is 4.92 Å². The van der Waals surface area contributed by atoms with Crippen LogP contribution < -0.4 is 5.32 Å². The van der Waals surface area contributed by atoms with Crippen molar-refractivity contribution in [1.82, 2.24) is 14.7 Å². The number of thiocarbonyl (C=S) groups is 1. The van der Waals surface area contributed by atoms with Crippen molar-refractivity contribution in [3.05, 3.63) is 50.7 Å². The maximum absolute atomic E-state index is 10.7. The summed E-state index contributed by atoms with van der Waals surface area (Å²) in [4.78, 5) is 12.1. The summed E-state index contributed by atoms with van der Waals surface area (Å²) in [6, 6.07) is 6.14. The summed E-state index contributed by atoms with van der Waals surface area (Å²) >= 11 is 8.86. The number of nitrogens with one attached hydrogen (secondary N) is 1. The van der Waals surface area contributed by atoms with Crippen molar-refractivity contribution in [3.8, 4) is 0 Å². The van der Waals surface area contributed by atoms with Crippen LogP contribution in [0, 0.1) is 10.1 Å². The fourth-order valence-electron chi connectivity index (χ4n) is 2.00. The Morgan fingerprint density at radius 2 is 2.13 bits per heavy atom. The molecule has 23 heavy (non-hydrogen) atoms. The number of nitro groups is 1. The van der Waals surface area contributed by atoms with Crippen molar-refractivity contribution in [2.45, 2.75) is 20.0 Å². The highest BCUT2D eigenvalue weighted by atomic mass is 79.9. The van der Waals surface area contributed by atoms with Crippen LogP contribution >= 0.6 is 28.1 Å². The van der Waals surface area contributed by atoms with E-state index in [1.165, 1.54) is 12.1 Å². The molecule has 0 saturated carbocycles. The molecule has 1 aromatic heterocycles. The minimum atomic E-state index is -0.433. The number of rotatable bonds is 5. The van der Waals surface area contributed by atoms with Gasteiger partial charge in [-0.15, -0.1) is 0 Å². The second-order valence-electron chi connectivity index (χ2n) is 4.85. The van der Waals surface area contributed by atoms with E-state index in [4.69, 9.17) is 12.2 Å². The molecule has 1 heterocycles. The monoisotopic (exact) mass is 397 g/mol. The molecule has 0 amide bonds. The fourth-order valence-corrected chi connectivity index (χ4v) is 2.60. The van der Waals surface area contributed by atoms with Gasteiger partial charge in [0.15, 0.2) is 5.11 Å². The van der Waals surface area contributed by atoms with E-state index in [2.05, 4.69) is 26.3 Å². The average Bonchev–Trinajstić information content (AvgIpc) is 2.88. The topological polar surface area (TPSA) is 76.2 Å². The molecule has 0 aliphatic rings. The second-order valence-corrected chi connectivity index (χ2v) is 6.09. The number of anilines is 1. The Hall–Kier alpha value is -2.00. The molecular weight excluding hydrogens is 382 g/mol. The first-order valence-corrected chi connectivity index (χ1v) is 8.09. The summed E-state index contributed by atoms with van der Waals surface area (Å²) in [6.07, 6.45) is 1.76. The minimum absolute atomic E-state index is 0.0469. The summed E-state index contributed by atoms with van der Waals surface area (Å²) in [5.74, 6) is 0. The highest BCUT2D eigenvalue weighted by Crippen LogP contribution is 2.19. The number of benzene rings is 1. The highest BCUT2D eigenvalue weighted by molar-refractivity contribution is 9.10. The summed E-state index contributed by atoms with van der Waals surface area (Å²) in [5.41, 5.74) is 1.78. The molecule has 1 N–H and O–H groups in total. The standard InChI is InChI=1S/C14H16BrN5O2S/c1-3-19-13(12(15)8-16-19)9-18(2)14(23)17-10-4-6-11(7-5-10)20(21)22/h4-8H,3,9H2,1-2H3,(H,17,23). The van der Waals surface area contributed by atoms with Crippen molar-refractivity contribution in [2.24, 2.45) is 0 Å². The fraction of sp³-hybridized carbons (Fsp3) is 0.286. The summed E-state index contributed by atoms with van der Waals surface area (Å²) in [7, 11) is 1.88. The number of hydrogen-bond donors (Lipinski definition) is 1. The van der Waals surface area contributed by atoms with Gasteiger partial charge in [-0.2, -0.15) is 5.10 Å². The van der Waals surface area contributed by atoms with Crippen LogP contribution in [0.3, 0.4) is 0 Å². The SMILES string of the molecule is CCn1ncc(Br)c1CN(C)C(=S)Nc1ccc([N+](=O)[O-])cc1. The third-order valence-corrected chi connectivity index (χ3v) is 4.34. The van der Waals surface area contributed by atoms with Crippen LogP contribution in [0.1, 0.15) is 12.6 Å². The van der Waals surface area contributed by atoms with Crippen LogP contribution in [0.25, 0.3) is 0 Å². The van der Waals surface area contributed by atoms with E-state index in [0.29, 0.717) is 17.3 Å². The number of non-ortho nitro benzene ring substituents is 1. The lowest BCUT2D eigenvalue weighted by molar-refractivity contribution is -0.384. The Bertz CT molecular complexity index is 716. The van der Waals surface area contributed by atoms with Crippen LogP contribution in [0.4, 0.5) is 11.4 Å². The minimum Gasteiger partial charge on any atom is -0.346 e. The summed E-state index contributed by atoms with van der Waals surface area (Å²) in [6.45, 7) is 3.39. The molecule has 2 rings (SSSR count). The smallest absolute Gasteiger partial charge is 0.269 e. The Morgan fingerprint density at radius 3 is 2.70 bits per heavy atom. The molecule has 0 radical (unpaired) electrons. The lowest BCUT2D eigenvalue weighted by atomic mass is 10.3. The van der Waals surface area contributed by atoms with Crippen molar-refractivity contribution < 1.29 is 4.92 Å². The molecule has 0 atom stereocenters. The Kier molecular flexibility index (Phi) is 5.67. The lowest BCUT2D eigenvalue weighted by Crippen LogP contribution is -2.31. The second kappa shape index (κ2) is 7.51. The van der Waals surface area contributed by atoms with Crippen LogP contribution in [0.15, 0.2) is 34.9 Å². The van der Waals surface area contributed by atoms with E-state index >= 15 is 0 Å². The summed E-state index contributed by atoms with van der Waals surface area (Å²) < 4.78 is 2.83. The number of hydrogen-bond acceptors (Lipinski definition) is 4. The third kappa shape index (κ3) is 4.26. The van der Waals surface area contributed by atoms with Gasteiger partial charge in [-0.3, -0.25) is 14.8 Å². The summed E-state index contributed by atoms with van der Waals surface area (Å²) in [5, 5.41) is 18.5. The van der Waals surface area contributed by atoms with Gasteiger partial charge >= 0.3 is 0 Å². The molecule has 0 fully saturated rings. The normalized spacial score (nSPS) is 10.4. The van der Waals surface area contributed by atoms with Gasteiger partial charge in [0.25, 0.3) is 5.69 Å². The molecule has 2 aromatic rings. The Morgan fingerprint density at radius 1 is 1.48 bits per heavy atom. The molecule has 0 saturated heterocycles. The maximum Gasteiger partial charge on any atom is 0.269 e. The van der Waals surface area contributed by atoms with Gasteiger partial charge in [0, 0.05) is 31.4 Å². The van der Waals surface area contributed by atoms with Gasteiger partial charge in [0.2, 0.25) is 0 Å². The van der Waals surface area contributed by atoms with E-state index in [-0.39, 0.29) is 5.69 Å². The molecule has 0 bridgehead atoms. The zero-order chi connectivity index (χ0) is 17.0.